The average Bonchev–Trinajstić information content (AvgIpc) is 2.97. The molecule has 0 spiro atoms. The highest BCUT2D eigenvalue weighted by Crippen LogP contribution is 2.28. The summed E-state index contributed by atoms with van der Waals surface area (Å²) in [5.74, 6) is 1.59. The summed E-state index contributed by atoms with van der Waals surface area (Å²) in [6, 6.07) is 13.2. The van der Waals surface area contributed by atoms with Crippen molar-refractivity contribution in [3.63, 3.8) is 0 Å². The van der Waals surface area contributed by atoms with E-state index >= 15 is 0 Å². The molecule has 3 rings (SSSR count). The van der Waals surface area contributed by atoms with Gasteiger partial charge in [-0.1, -0.05) is 23.4 Å². The lowest BCUT2D eigenvalue weighted by Gasteiger charge is -2.02. The van der Waals surface area contributed by atoms with Crippen molar-refractivity contribution < 1.29 is 9.26 Å². The number of methoxy groups -OCH3 is 1. The molecule has 2 aromatic heterocycles. The molecule has 0 N–H and O–H groups in total. The molecule has 5 heteroatoms. The molecule has 0 saturated heterocycles. The molecule has 3 aromatic rings. The van der Waals surface area contributed by atoms with Gasteiger partial charge in [0.25, 0.3) is 5.89 Å². The third kappa shape index (κ3) is 2.25. The van der Waals surface area contributed by atoms with E-state index < -0.39 is 0 Å². The molecule has 0 aliphatic carbocycles. The number of nitrogens with zero attached hydrogens (tertiary/aromatic N) is 3. The van der Waals surface area contributed by atoms with Crippen LogP contribution in [0.25, 0.3) is 23.0 Å². The molecule has 0 unspecified atom stereocenters. The summed E-state index contributed by atoms with van der Waals surface area (Å²) >= 11 is 0. The highest BCUT2D eigenvalue weighted by Gasteiger charge is 2.14. The van der Waals surface area contributed by atoms with Crippen LogP contribution in [0.4, 0.5) is 0 Å². The van der Waals surface area contributed by atoms with Crippen molar-refractivity contribution >= 4 is 0 Å². The van der Waals surface area contributed by atoms with Crippen molar-refractivity contribution in [3.05, 3.63) is 48.2 Å². The Labute approximate surface area is 116 Å². The van der Waals surface area contributed by atoms with Crippen molar-refractivity contribution in [1.82, 2.24) is 15.1 Å². The fourth-order valence-electron chi connectivity index (χ4n) is 1.93. The largest absolute Gasteiger partial charge is 0.496 e. The fraction of sp³-hybridized carbons (Fsp3) is 0.133. The summed E-state index contributed by atoms with van der Waals surface area (Å²) in [7, 11) is 1.61. The molecule has 0 aliphatic rings. The van der Waals surface area contributed by atoms with Crippen LogP contribution in [0.15, 0.2) is 47.0 Å². The summed E-state index contributed by atoms with van der Waals surface area (Å²) in [6.07, 6.45) is 0. The second-order valence-electron chi connectivity index (χ2n) is 4.29. The van der Waals surface area contributed by atoms with Gasteiger partial charge >= 0.3 is 0 Å². The lowest BCUT2D eigenvalue weighted by molar-refractivity contribution is 0.413. The first-order chi connectivity index (χ1) is 9.78. The first-order valence-electron chi connectivity index (χ1n) is 6.19. The molecule has 0 aliphatic heterocycles. The second-order valence-corrected chi connectivity index (χ2v) is 4.29. The molecule has 100 valence electrons. The first kappa shape index (κ1) is 12.3. The molecule has 2 heterocycles. The highest BCUT2D eigenvalue weighted by molar-refractivity contribution is 5.65. The minimum Gasteiger partial charge on any atom is -0.496 e. The number of benzene rings is 1. The number of aryl methyl sites for hydroxylation is 1. The van der Waals surface area contributed by atoms with Gasteiger partial charge in [-0.25, -0.2) is 4.98 Å². The van der Waals surface area contributed by atoms with Crippen LogP contribution in [0, 0.1) is 6.92 Å². The lowest BCUT2D eigenvalue weighted by atomic mass is 10.2. The Balaban J connectivity index is 2.02. The minimum atomic E-state index is 0.398. The second kappa shape index (κ2) is 5.13. The van der Waals surface area contributed by atoms with Crippen molar-refractivity contribution in [2.24, 2.45) is 0 Å². The van der Waals surface area contributed by atoms with Gasteiger partial charge in [-0.2, -0.15) is 4.98 Å². The number of hydrogen-bond donors (Lipinski definition) is 0. The molecule has 0 radical (unpaired) electrons. The van der Waals surface area contributed by atoms with Crippen LogP contribution < -0.4 is 4.74 Å². The van der Waals surface area contributed by atoms with E-state index in [4.69, 9.17) is 9.26 Å². The molecule has 1 aromatic carbocycles. The maximum absolute atomic E-state index is 5.30. The summed E-state index contributed by atoms with van der Waals surface area (Å²) in [5, 5.41) is 3.99. The Morgan fingerprint density at radius 3 is 2.65 bits per heavy atom. The molecule has 0 bridgehead atoms. The van der Waals surface area contributed by atoms with Gasteiger partial charge in [0, 0.05) is 5.69 Å². The Morgan fingerprint density at radius 2 is 1.85 bits per heavy atom. The maximum atomic E-state index is 5.30. The first-order valence-corrected chi connectivity index (χ1v) is 6.19. The van der Waals surface area contributed by atoms with Crippen LogP contribution in [0.1, 0.15) is 5.69 Å². The van der Waals surface area contributed by atoms with Crippen LogP contribution in [0.3, 0.4) is 0 Å². The molecule has 0 atom stereocenters. The molecular formula is C15H13N3O2. The molecular weight excluding hydrogens is 254 g/mol. The lowest BCUT2D eigenvalue weighted by Crippen LogP contribution is -1.89. The normalized spacial score (nSPS) is 10.5. The van der Waals surface area contributed by atoms with E-state index in [-0.39, 0.29) is 0 Å². The molecule has 0 saturated carbocycles. The molecule has 0 fully saturated rings. The van der Waals surface area contributed by atoms with Gasteiger partial charge in [-0.15, -0.1) is 0 Å². The number of ether oxygens (including phenoxy) is 1. The van der Waals surface area contributed by atoms with Gasteiger partial charge in [0.05, 0.1) is 12.7 Å². The fourth-order valence-corrected chi connectivity index (χ4v) is 1.93. The van der Waals surface area contributed by atoms with E-state index in [1.54, 1.807) is 7.11 Å². The van der Waals surface area contributed by atoms with Gasteiger partial charge in [-0.05, 0) is 31.2 Å². The Bertz CT molecular complexity index is 737. The predicted octanol–water partition coefficient (Wildman–Crippen LogP) is 3.12. The maximum Gasteiger partial charge on any atom is 0.276 e. The smallest absolute Gasteiger partial charge is 0.276 e. The number of aromatic nitrogens is 3. The monoisotopic (exact) mass is 267 g/mol. The molecule has 5 nitrogen and oxygen atoms in total. The van der Waals surface area contributed by atoms with Gasteiger partial charge in [0.1, 0.15) is 11.4 Å². The Morgan fingerprint density at radius 1 is 1.00 bits per heavy atom. The van der Waals surface area contributed by atoms with Crippen LogP contribution in [-0.4, -0.2) is 22.2 Å². The van der Waals surface area contributed by atoms with Gasteiger partial charge in [0.15, 0.2) is 0 Å². The van der Waals surface area contributed by atoms with Crippen LogP contribution in [0.5, 0.6) is 5.75 Å². The highest BCUT2D eigenvalue weighted by atomic mass is 16.5. The standard InChI is InChI=1S/C15H13N3O2/c1-10-6-5-8-12(16-10)15-17-14(18-20-15)11-7-3-4-9-13(11)19-2/h3-9H,1-2H3. The topological polar surface area (TPSA) is 61.0 Å². The quantitative estimate of drug-likeness (QED) is 0.729. The van der Waals surface area contributed by atoms with Crippen molar-refractivity contribution in [2.75, 3.05) is 7.11 Å². The molecule has 20 heavy (non-hydrogen) atoms. The number of rotatable bonds is 3. The van der Waals surface area contributed by atoms with E-state index in [9.17, 15) is 0 Å². The number of hydrogen-bond acceptors (Lipinski definition) is 5. The summed E-state index contributed by atoms with van der Waals surface area (Å²) in [4.78, 5) is 8.75. The van der Waals surface area contributed by atoms with E-state index in [1.807, 2.05) is 49.4 Å². The van der Waals surface area contributed by atoms with Crippen LogP contribution in [0.2, 0.25) is 0 Å². The minimum absolute atomic E-state index is 0.398. The van der Waals surface area contributed by atoms with Crippen molar-refractivity contribution in [1.29, 1.82) is 0 Å². The zero-order valence-corrected chi connectivity index (χ0v) is 11.2. The van der Waals surface area contributed by atoms with Gasteiger partial charge in [0.2, 0.25) is 5.82 Å². The van der Waals surface area contributed by atoms with Crippen molar-refractivity contribution in [2.45, 2.75) is 6.92 Å². The predicted molar refractivity (Wildman–Crippen MR) is 74.3 cm³/mol. The SMILES string of the molecule is COc1ccccc1-c1noc(-c2cccc(C)n2)n1. The number of pyridine rings is 1. The van der Waals surface area contributed by atoms with E-state index in [0.717, 1.165) is 11.3 Å². The number of para-hydroxylation sites is 1. The summed E-state index contributed by atoms with van der Waals surface area (Å²) < 4.78 is 10.6. The zero-order chi connectivity index (χ0) is 13.9. The Kier molecular flexibility index (Phi) is 3.16. The zero-order valence-electron chi connectivity index (χ0n) is 11.2. The van der Waals surface area contributed by atoms with Crippen LogP contribution >= 0.6 is 0 Å². The Hall–Kier alpha value is -2.69. The van der Waals surface area contributed by atoms with Gasteiger partial charge < -0.3 is 9.26 Å². The van der Waals surface area contributed by atoms with E-state index in [2.05, 4.69) is 15.1 Å². The molecule has 0 amide bonds. The van der Waals surface area contributed by atoms with E-state index in [1.165, 1.54) is 0 Å². The van der Waals surface area contributed by atoms with Crippen LogP contribution in [-0.2, 0) is 0 Å². The van der Waals surface area contributed by atoms with Crippen molar-refractivity contribution in [3.8, 4) is 28.7 Å². The third-order valence-corrected chi connectivity index (χ3v) is 2.88. The summed E-state index contributed by atoms with van der Waals surface area (Å²) in [5.41, 5.74) is 2.36. The van der Waals surface area contributed by atoms with E-state index in [0.29, 0.717) is 23.2 Å². The summed E-state index contributed by atoms with van der Waals surface area (Å²) in [6.45, 7) is 1.92. The van der Waals surface area contributed by atoms with Gasteiger partial charge in [-0.3, -0.25) is 0 Å². The average molecular weight is 267 g/mol. The third-order valence-electron chi connectivity index (χ3n) is 2.88.